The second-order valence-electron chi connectivity index (χ2n) is 2.46. The summed E-state index contributed by atoms with van der Waals surface area (Å²) in [7, 11) is 0. The van der Waals surface area contributed by atoms with E-state index < -0.39 is 0 Å². The van der Waals surface area contributed by atoms with Crippen molar-refractivity contribution in [1.82, 2.24) is 10.1 Å². The molecule has 1 aromatic rings. The van der Waals surface area contributed by atoms with Gasteiger partial charge in [-0.2, -0.15) is 16.7 Å². The Labute approximate surface area is 82.5 Å². The standard InChI is InChI=1S/C6H7IN2OS/c7-6-8-5(10-9-6)4-1-2-11-3-4/h4H,1-3H2. The fourth-order valence-electron chi connectivity index (χ4n) is 1.11. The molecule has 1 aromatic heterocycles. The molecule has 60 valence electrons. The van der Waals surface area contributed by atoms with E-state index in [1.807, 2.05) is 11.8 Å². The number of rotatable bonds is 1. The van der Waals surface area contributed by atoms with Crippen molar-refractivity contribution in [3.63, 3.8) is 0 Å². The summed E-state index contributed by atoms with van der Waals surface area (Å²) >= 11 is 4.02. The first kappa shape index (κ1) is 7.85. The molecule has 0 aromatic carbocycles. The quantitative estimate of drug-likeness (QED) is 0.737. The lowest BCUT2D eigenvalue weighted by atomic mass is 10.1. The summed E-state index contributed by atoms with van der Waals surface area (Å²) in [5.41, 5.74) is 0. The predicted octanol–water partition coefficient (Wildman–Crippen LogP) is 1.89. The highest BCUT2D eigenvalue weighted by molar-refractivity contribution is 14.1. The van der Waals surface area contributed by atoms with Crippen molar-refractivity contribution in [2.75, 3.05) is 11.5 Å². The maximum absolute atomic E-state index is 5.07. The average Bonchev–Trinajstić information content (AvgIpc) is 2.55. The molecule has 1 unspecified atom stereocenters. The van der Waals surface area contributed by atoms with Crippen LogP contribution in [0, 0.1) is 3.83 Å². The second-order valence-corrected chi connectivity index (χ2v) is 4.58. The fraction of sp³-hybridized carbons (Fsp3) is 0.667. The number of aromatic nitrogens is 2. The van der Waals surface area contributed by atoms with Gasteiger partial charge in [0.05, 0.1) is 0 Å². The highest BCUT2D eigenvalue weighted by atomic mass is 127. The van der Waals surface area contributed by atoms with E-state index >= 15 is 0 Å². The molecule has 0 aliphatic carbocycles. The highest BCUT2D eigenvalue weighted by Gasteiger charge is 2.22. The molecule has 3 nitrogen and oxygen atoms in total. The van der Waals surface area contributed by atoms with Crippen LogP contribution in [0.15, 0.2) is 4.52 Å². The molecular weight excluding hydrogens is 275 g/mol. The zero-order valence-corrected chi connectivity index (χ0v) is 8.76. The second kappa shape index (κ2) is 3.30. The van der Waals surface area contributed by atoms with E-state index in [1.54, 1.807) is 0 Å². The van der Waals surface area contributed by atoms with E-state index in [9.17, 15) is 0 Å². The Morgan fingerprint density at radius 2 is 2.55 bits per heavy atom. The third-order valence-corrected chi connectivity index (χ3v) is 3.30. The maximum Gasteiger partial charge on any atom is 0.232 e. The zero-order valence-electron chi connectivity index (χ0n) is 5.79. The van der Waals surface area contributed by atoms with Gasteiger partial charge in [-0.25, -0.2) is 0 Å². The van der Waals surface area contributed by atoms with Gasteiger partial charge in [0.1, 0.15) is 0 Å². The van der Waals surface area contributed by atoms with Crippen LogP contribution in [0.25, 0.3) is 0 Å². The van der Waals surface area contributed by atoms with Gasteiger partial charge in [0.15, 0.2) is 0 Å². The summed E-state index contributed by atoms with van der Waals surface area (Å²) in [5, 5.41) is 3.75. The third kappa shape index (κ3) is 1.69. The number of hydrogen-bond donors (Lipinski definition) is 0. The van der Waals surface area contributed by atoms with Crippen LogP contribution in [-0.4, -0.2) is 21.6 Å². The Morgan fingerprint density at radius 1 is 1.64 bits per heavy atom. The van der Waals surface area contributed by atoms with Gasteiger partial charge >= 0.3 is 0 Å². The first-order chi connectivity index (χ1) is 5.36. The Morgan fingerprint density at radius 3 is 3.09 bits per heavy atom. The molecule has 2 rings (SSSR count). The SMILES string of the molecule is Ic1noc(C2CCSC2)n1. The highest BCUT2D eigenvalue weighted by Crippen LogP contribution is 2.31. The van der Waals surface area contributed by atoms with E-state index in [1.165, 1.54) is 12.2 Å². The Balaban J connectivity index is 2.15. The van der Waals surface area contributed by atoms with Crippen molar-refractivity contribution in [3.05, 3.63) is 9.72 Å². The van der Waals surface area contributed by atoms with Gasteiger partial charge < -0.3 is 4.52 Å². The number of halogens is 1. The molecular formula is C6H7IN2OS. The molecule has 0 amide bonds. The predicted molar refractivity (Wildman–Crippen MR) is 51.7 cm³/mol. The Hall–Kier alpha value is 0.220. The monoisotopic (exact) mass is 282 g/mol. The molecule has 0 spiro atoms. The molecule has 0 bridgehead atoms. The molecule has 0 N–H and O–H groups in total. The molecule has 2 heterocycles. The van der Waals surface area contributed by atoms with Crippen LogP contribution in [0.2, 0.25) is 0 Å². The number of hydrogen-bond acceptors (Lipinski definition) is 4. The summed E-state index contributed by atoms with van der Waals surface area (Å²) < 4.78 is 5.78. The number of nitrogens with zero attached hydrogens (tertiary/aromatic N) is 2. The molecule has 0 radical (unpaired) electrons. The van der Waals surface area contributed by atoms with Crippen LogP contribution < -0.4 is 0 Å². The van der Waals surface area contributed by atoms with Crippen LogP contribution in [0.1, 0.15) is 18.2 Å². The Bertz CT molecular complexity index is 246. The molecule has 0 saturated carbocycles. The summed E-state index contributed by atoms with van der Waals surface area (Å²) in [6.45, 7) is 0. The van der Waals surface area contributed by atoms with E-state index in [4.69, 9.17) is 4.52 Å². The third-order valence-electron chi connectivity index (χ3n) is 1.70. The molecule has 11 heavy (non-hydrogen) atoms. The van der Waals surface area contributed by atoms with Gasteiger partial charge in [0.2, 0.25) is 9.72 Å². The lowest BCUT2D eigenvalue weighted by molar-refractivity contribution is 0.358. The zero-order chi connectivity index (χ0) is 7.68. The molecule has 1 fully saturated rings. The molecule has 1 saturated heterocycles. The average molecular weight is 282 g/mol. The van der Waals surface area contributed by atoms with Crippen LogP contribution in [0.5, 0.6) is 0 Å². The van der Waals surface area contributed by atoms with Crippen LogP contribution >= 0.6 is 34.4 Å². The smallest absolute Gasteiger partial charge is 0.232 e. The van der Waals surface area contributed by atoms with E-state index in [0.29, 0.717) is 5.92 Å². The molecule has 1 aliphatic rings. The summed E-state index contributed by atoms with van der Waals surface area (Å²) in [6.07, 6.45) is 1.18. The van der Waals surface area contributed by atoms with Crippen LogP contribution in [-0.2, 0) is 0 Å². The van der Waals surface area contributed by atoms with E-state index in [0.717, 1.165) is 15.5 Å². The van der Waals surface area contributed by atoms with Gasteiger partial charge in [-0.15, -0.1) is 0 Å². The van der Waals surface area contributed by atoms with Crippen molar-refractivity contribution in [1.29, 1.82) is 0 Å². The fourth-order valence-corrected chi connectivity index (χ4v) is 2.66. The van der Waals surface area contributed by atoms with E-state index in [2.05, 4.69) is 32.7 Å². The lowest BCUT2D eigenvalue weighted by Crippen LogP contribution is -1.95. The normalized spacial score (nSPS) is 24.3. The Kier molecular flexibility index (Phi) is 2.36. The molecule has 5 heteroatoms. The largest absolute Gasteiger partial charge is 0.338 e. The van der Waals surface area contributed by atoms with Crippen molar-refractivity contribution < 1.29 is 4.52 Å². The van der Waals surface area contributed by atoms with Crippen molar-refractivity contribution >= 4 is 34.4 Å². The molecule has 1 aliphatic heterocycles. The van der Waals surface area contributed by atoms with Crippen molar-refractivity contribution in [2.24, 2.45) is 0 Å². The van der Waals surface area contributed by atoms with Gasteiger partial charge in [0, 0.05) is 34.3 Å². The van der Waals surface area contributed by atoms with Gasteiger partial charge in [0.25, 0.3) is 0 Å². The minimum atomic E-state index is 0.510. The van der Waals surface area contributed by atoms with Crippen molar-refractivity contribution in [2.45, 2.75) is 12.3 Å². The lowest BCUT2D eigenvalue weighted by Gasteiger charge is -1.97. The van der Waals surface area contributed by atoms with E-state index in [-0.39, 0.29) is 0 Å². The van der Waals surface area contributed by atoms with Gasteiger partial charge in [-0.3, -0.25) is 0 Å². The first-order valence-electron chi connectivity index (χ1n) is 3.43. The van der Waals surface area contributed by atoms with Crippen LogP contribution in [0.3, 0.4) is 0 Å². The van der Waals surface area contributed by atoms with Crippen LogP contribution in [0.4, 0.5) is 0 Å². The summed E-state index contributed by atoms with van der Waals surface area (Å²) in [6, 6.07) is 0. The minimum absolute atomic E-state index is 0.510. The summed E-state index contributed by atoms with van der Waals surface area (Å²) in [4.78, 5) is 4.19. The van der Waals surface area contributed by atoms with Gasteiger partial charge in [-0.05, 0) is 12.2 Å². The molecule has 1 atom stereocenters. The van der Waals surface area contributed by atoms with Crippen molar-refractivity contribution in [3.8, 4) is 0 Å². The minimum Gasteiger partial charge on any atom is -0.338 e. The topological polar surface area (TPSA) is 38.9 Å². The number of thioether (sulfide) groups is 1. The van der Waals surface area contributed by atoms with Gasteiger partial charge in [-0.1, -0.05) is 5.16 Å². The summed E-state index contributed by atoms with van der Waals surface area (Å²) in [5.74, 6) is 3.69. The maximum atomic E-state index is 5.07. The first-order valence-corrected chi connectivity index (χ1v) is 5.66.